The second-order valence-corrected chi connectivity index (χ2v) is 7.61. The van der Waals surface area contributed by atoms with Crippen molar-refractivity contribution in [3.63, 3.8) is 0 Å². The van der Waals surface area contributed by atoms with Crippen LogP contribution < -0.4 is 4.90 Å². The molecule has 0 amide bonds. The maximum atomic E-state index is 6.50. The highest BCUT2D eigenvalue weighted by molar-refractivity contribution is 6.31. The molecular formula is C22H20ClN5. The summed E-state index contributed by atoms with van der Waals surface area (Å²) in [6.45, 7) is 0.965. The molecule has 1 aliphatic rings. The van der Waals surface area contributed by atoms with Crippen molar-refractivity contribution in [1.82, 2.24) is 19.7 Å². The van der Waals surface area contributed by atoms with Gasteiger partial charge >= 0.3 is 0 Å². The van der Waals surface area contributed by atoms with E-state index in [4.69, 9.17) is 11.6 Å². The predicted molar refractivity (Wildman–Crippen MR) is 113 cm³/mol. The lowest BCUT2D eigenvalue weighted by atomic mass is 10.0. The Morgan fingerprint density at radius 2 is 1.96 bits per heavy atom. The summed E-state index contributed by atoms with van der Waals surface area (Å²) in [7, 11) is 1.92. The second-order valence-electron chi connectivity index (χ2n) is 7.20. The molecule has 6 heteroatoms. The summed E-state index contributed by atoms with van der Waals surface area (Å²) in [6, 6.07) is 14.7. The van der Waals surface area contributed by atoms with Gasteiger partial charge in [-0.05, 0) is 42.2 Å². The SMILES string of the molecule is Cn1cc(-c2ccc3c(N4CCCC4c4ccccc4Cl)ncnc3c2)cn1. The van der Waals surface area contributed by atoms with E-state index < -0.39 is 0 Å². The zero-order valence-corrected chi connectivity index (χ0v) is 16.3. The molecule has 1 aliphatic heterocycles. The average Bonchev–Trinajstić information content (AvgIpc) is 3.36. The maximum absolute atomic E-state index is 6.50. The van der Waals surface area contributed by atoms with Gasteiger partial charge in [-0.3, -0.25) is 4.68 Å². The number of hydrogen-bond acceptors (Lipinski definition) is 4. The molecule has 140 valence electrons. The number of aromatic nitrogens is 4. The fourth-order valence-electron chi connectivity index (χ4n) is 4.11. The first-order valence-electron chi connectivity index (χ1n) is 9.45. The number of aryl methyl sites for hydroxylation is 1. The maximum Gasteiger partial charge on any atom is 0.140 e. The Hall–Kier alpha value is -2.92. The molecule has 5 nitrogen and oxygen atoms in total. The first kappa shape index (κ1) is 17.2. The highest BCUT2D eigenvalue weighted by Gasteiger charge is 2.29. The molecular weight excluding hydrogens is 370 g/mol. The van der Waals surface area contributed by atoms with Crippen molar-refractivity contribution < 1.29 is 0 Å². The lowest BCUT2D eigenvalue weighted by Crippen LogP contribution is -2.24. The van der Waals surface area contributed by atoms with Gasteiger partial charge in [0.1, 0.15) is 12.1 Å². The van der Waals surface area contributed by atoms with Gasteiger partial charge in [-0.1, -0.05) is 35.9 Å². The van der Waals surface area contributed by atoms with Crippen LogP contribution in [0.15, 0.2) is 61.2 Å². The molecule has 0 spiro atoms. The Bertz CT molecular complexity index is 1150. The van der Waals surface area contributed by atoms with Gasteiger partial charge in [0.2, 0.25) is 0 Å². The summed E-state index contributed by atoms with van der Waals surface area (Å²) in [5.41, 5.74) is 4.30. The summed E-state index contributed by atoms with van der Waals surface area (Å²) in [4.78, 5) is 11.6. The van der Waals surface area contributed by atoms with Gasteiger partial charge in [0.15, 0.2) is 0 Å². The monoisotopic (exact) mass is 389 g/mol. The molecule has 1 fully saturated rings. The van der Waals surface area contributed by atoms with E-state index >= 15 is 0 Å². The summed E-state index contributed by atoms with van der Waals surface area (Å²) in [5, 5.41) is 6.15. The van der Waals surface area contributed by atoms with E-state index in [1.54, 1.807) is 6.33 Å². The number of fused-ring (bicyclic) bond motifs is 1. The van der Waals surface area contributed by atoms with E-state index in [2.05, 4.69) is 50.3 Å². The number of benzene rings is 2. The molecule has 4 aromatic rings. The van der Waals surface area contributed by atoms with Crippen LogP contribution in [0.5, 0.6) is 0 Å². The lowest BCUT2D eigenvalue weighted by Gasteiger charge is -2.27. The van der Waals surface area contributed by atoms with Gasteiger partial charge in [0.05, 0.1) is 17.8 Å². The van der Waals surface area contributed by atoms with Crippen molar-refractivity contribution in [3.8, 4) is 11.1 Å². The van der Waals surface area contributed by atoms with E-state index in [1.165, 1.54) is 5.56 Å². The molecule has 0 saturated carbocycles. The molecule has 3 heterocycles. The highest BCUT2D eigenvalue weighted by atomic mass is 35.5. The molecule has 2 aromatic carbocycles. The van der Waals surface area contributed by atoms with Crippen LogP contribution in [-0.2, 0) is 7.05 Å². The van der Waals surface area contributed by atoms with Gasteiger partial charge in [0.25, 0.3) is 0 Å². The standard InChI is InChI=1S/C22H20ClN5/c1-27-13-16(12-26-27)15-8-9-18-20(11-15)24-14-25-22(18)28-10-4-7-21(28)17-5-2-3-6-19(17)23/h2-3,5-6,8-9,11-14,21H,4,7,10H2,1H3. The minimum Gasteiger partial charge on any atom is -0.349 e. The Kier molecular flexibility index (Phi) is 4.24. The van der Waals surface area contributed by atoms with Crippen LogP contribution >= 0.6 is 11.6 Å². The minimum atomic E-state index is 0.241. The van der Waals surface area contributed by atoms with Crippen LogP contribution in [0.1, 0.15) is 24.4 Å². The van der Waals surface area contributed by atoms with Gasteiger partial charge in [-0.15, -0.1) is 0 Å². The number of hydrogen-bond donors (Lipinski definition) is 0. The van der Waals surface area contributed by atoms with Crippen molar-refractivity contribution in [2.24, 2.45) is 7.05 Å². The molecule has 28 heavy (non-hydrogen) atoms. The zero-order chi connectivity index (χ0) is 19.1. The smallest absolute Gasteiger partial charge is 0.140 e. The molecule has 0 radical (unpaired) electrons. The lowest BCUT2D eigenvalue weighted by molar-refractivity contribution is 0.713. The minimum absolute atomic E-state index is 0.241. The van der Waals surface area contributed by atoms with E-state index in [-0.39, 0.29) is 6.04 Å². The molecule has 1 saturated heterocycles. The molecule has 1 unspecified atom stereocenters. The van der Waals surface area contributed by atoms with E-state index in [1.807, 2.05) is 36.3 Å². The fourth-order valence-corrected chi connectivity index (χ4v) is 4.37. The van der Waals surface area contributed by atoms with Crippen LogP contribution in [0, 0.1) is 0 Å². The number of nitrogens with zero attached hydrogens (tertiary/aromatic N) is 5. The largest absolute Gasteiger partial charge is 0.349 e. The van der Waals surface area contributed by atoms with Crippen LogP contribution in [-0.4, -0.2) is 26.3 Å². The van der Waals surface area contributed by atoms with Crippen molar-refractivity contribution in [1.29, 1.82) is 0 Å². The number of rotatable bonds is 3. The number of anilines is 1. The topological polar surface area (TPSA) is 46.8 Å². The van der Waals surface area contributed by atoms with E-state index in [0.717, 1.165) is 52.3 Å². The van der Waals surface area contributed by atoms with Gasteiger partial charge in [0, 0.05) is 35.8 Å². The Morgan fingerprint density at radius 3 is 2.79 bits per heavy atom. The van der Waals surface area contributed by atoms with Crippen molar-refractivity contribution >= 4 is 28.3 Å². The molecule has 5 rings (SSSR count). The summed E-state index contributed by atoms with van der Waals surface area (Å²) < 4.78 is 1.81. The van der Waals surface area contributed by atoms with Gasteiger partial charge in [-0.2, -0.15) is 5.10 Å². The third kappa shape index (κ3) is 2.92. The van der Waals surface area contributed by atoms with Crippen LogP contribution in [0.3, 0.4) is 0 Å². The third-order valence-electron chi connectivity index (χ3n) is 5.44. The quantitative estimate of drug-likeness (QED) is 0.493. The molecule has 0 N–H and O–H groups in total. The Morgan fingerprint density at radius 1 is 1.07 bits per heavy atom. The molecule has 0 aliphatic carbocycles. The van der Waals surface area contributed by atoms with Crippen LogP contribution in [0.25, 0.3) is 22.0 Å². The Balaban J connectivity index is 1.58. The zero-order valence-electron chi connectivity index (χ0n) is 15.6. The highest BCUT2D eigenvalue weighted by Crippen LogP contribution is 2.40. The first-order valence-corrected chi connectivity index (χ1v) is 9.83. The van der Waals surface area contributed by atoms with Gasteiger partial charge < -0.3 is 4.90 Å². The van der Waals surface area contributed by atoms with Crippen molar-refractivity contribution in [3.05, 3.63) is 71.8 Å². The number of halogens is 1. The first-order chi connectivity index (χ1) is 13.7. The van der Waals surface area contributed by atoms with E-state index in [9.17, 15) is 0 Å². The summed E-state index contributed by atoms with van der Waals surface area (Å²) in [6.07, 6.45) is 7.74. The average molecular weight is 390 g/mol. The third-order valence-corrected chi connectivity index (χ3v) is 5.79. The molecule has 1 atom stereocenters. The fraction of sp³-hybridized carbons (Fsp3) is 0.227. The van der Waals surface area contributed by atoms with Crippen molar-refractivity contribution in [2.75, 3.05) is 11.4 Å². The van der Waals surface area contributed by atoms with Crippen LogP contribution in [0.4, 0.5) is 5.82 Å². The van der Waals surface area contributed by atoms with Crippen molar-refractivity contribution in [2.45, 2.75) is 18.9 Å². The van der Waals surface area contributed by atoms with Crippen LogP contribution in [0.2, 0.25) is 5.02 Å². The molecule has 2 aromatic heterocycles. The van der Waals surface area contributed by atoms with Gasteiger partial charge in [-0.25, -0.2) is 9.97 Å². The second kappa shape index (κ2) is 6.91. The predicted octanol–water partition coefficient (Wildman–Crippen LogP) is 5.03. The Labute approximate surface area is 168 Å². The molecule has 0 bridgehead atoms. The normalized spacial score (nSPS) is 16.8. The van der Waals surface area contributed by atoms with E-state index in [0.29, 0.717) is 0 Å². The summed E-state index contributed by atoms with van der Waals surface area (Å²) >= 11 is 6.50. The summed E-state index contributed by atoms with van der Waals surface area (Å²) in [5.74, 6) is 0.977.